The molecule has 2 atom stereocenters. The van der Waals surface area contributed by atoms with E-state index in [4.69, 9.17) is 4.74 Å². The van der Waals surface area contributed by atoms with E-state index in [1.165, 1.54) is 10.4 Å². The second kappa shape index (κ2) is 9.60. The van der Waals surface area contributed by atoms with Gasteiger partial charge in [-0.05, 0) is 51.3 Å². The smallest absolute Gasteiger partial charge is 0.265 e. The standard InChI is InChI=1S/C23H34N4O5S/c1-4-7-25-9-11-26(12-10-25)23(29)18-6-5-8-27(15-18)33(30,31)21-14-20-19(13-16(21)2)24-22(28)17(3)32-20/h13-14,17-18H,4-12,15H2,1-3H3,(H,24,28)/t17-,18+/m0/s1. The van der Waals surface area contributed by atoms with Gasteiger partial charge >= 0.3 is 0 Å². The molecule has 33 heavy (non-hydrogen) atoms. The third kappa shape index (κ3) is 4.88. The van der Waals surface area contributed by atoms with Crippen molar-refractivity contribution >= 4 is 27.5 Å². The van der Waals surface area contributed by atoms with Crippen LogP contribution < -0.4 is 10.1 Å². The molecule has 0 spiro atoms. The van der Waals surface area contributed by atoms with Crippen LogP contribution in [0, 0.1) is 12.8 Å². The van der Waals surface area contributed by atoms with E-state index in [1.54, 1.807) is 19.9 Å². The van der Waals surface area contributed by atoms with Crippen molar-refractivity contribution in [1.29, 1.82) is 0 Å². The first-order valence-corrected chi connectivity index (χ1v) is 13.3. The highest BCUT2D eigenvalue weighted by Crippen LogP contribution is 2.36. The van der Waals surface area contributed by atoms with Crippen molar-refractivity contribution in [2.75, 3.05) is 51.1 Å². The van der Waals surface area contributed by atoms with E-state index in [-0.39, 0.29) is 29.2 Å². The Morgan fingerprint density at radius 2 is 1.91 bits per heavy atom. The van der Waals surface area contributed by atoms with Gasteiger partial charge in [0.1, 0.15) is 5.75 Å². The first-order chi connectivity index (χ1) is 15.7. The minimum atomic E-state index is -3.81. The van der Waals surface area contributed by atoms with Gasteiger partial charge in [0.15, 0.2) is 6.10 Å². The van der Waals surface area contributed by atoms with Gasteiger partial charge < -0.3 is 15.0 Å². The van der Waals surface area contributed by atoms with Gasteiger partial charge in [-0.1, -0.05) is 6.92 Å². The molecule has 2 fully saturated rings. The molecule has 3 aliphatic heterocycles. The van der Waals surface area contributed by atoms with Crippen molar-refractivity contribution in [3.05, 3.63) is 17.7 Å². The third-order valence-electron chi connectivity index (χ3n) is 6.78. The molecular weight excluding hydrogens is 444 g/mol. The van der Waals surface area contributed by atoms with Crippen molar-refractivity contribution in [3.8, 4) is 5.75 Å². The van der Waals surface area contributed by atoms with Crippen molar-refractivity contribution in [3.63, 3.8) is 0 Å². The number of nitrogens with zero attached hydrogens (tertiary/aromatic N) is 3. The maximum atomic E-state index is 13.6. The Kier molecular flexibility index (Phi) is 6.97. The van der Waals surface area contributed by atoms with Crippen molar-refractivity contribution < 1.29 is 22.7 Å². The summed E-state index contributed by atoms with van der Waals surface area (Å²) in [5.74, 6) is -0.167. The molecule has 0 radical (unpaired) electrons. The number of rotatable bonds is 5. The number of anilines is 1. The zero-order valence-corrected chi connectivity index (χ0v) is 20.5. The van der Waals surface area contributed by atoms with E-state index in [2.05, 4.69) is 17.1 Å². The second-order valence-corrected chi connectivity index (χ2v) is 11.1. The number of nitrogens with one attached hydrogen (secondary N) is 1. The summed E-state index contributed by atoms with van der Waals surface area (Å²) < 4.78 is 34.2. The highest BCUT2D eigenvalue weighted by atomic mass is 32.2. The summed E-state index contributed by atoms with van der Waals surface area (Å²) in [6, 6.07) is 3.13. The van der Waals surface area contributed by atoms with E-state index < -0.39 is 16.1 Å². The van der Waals surface area contributed by atoms with Gasteiger partial charge in [0, 0.05) is 45.3 Å². The molecule has 9 nitrogen and oxygen atoms in total. The predicted molar refractivity (Wildman–Crippen MR) is 125 cm³/mol. The summed E-state index contributed by atoms with van der Waals surface area (Å²) in [6.07, 6.45) is 1.77. The molecular formula is C23H34N4O5S. The van der Waals surface area contributed by atoms with Gasteiger partial charge in [-0.15, -0.1) is 0 Å². The van der Waals surface area contributed by atoms with Crippen LogP contribution in [0.25, 0.3) is 0 Å². The Hall–Kier alpha value is -2.17. The van der Waals surface area contributed by atoms with Crippen LogP contribution in [0.4, 0.5) is 5.69 Å². The number of fused-ring (bicyclic) bond motifs is 1. The Labute approximate surface area is 196 Å². The minimum Gasteiger partial charge on any atom is -0.479 e. The Bertz CT molecular complexity index is 1020. The number of piperidine rings is 1. The first-order valence-electron chi connectivity index (χ1n) is 11.8. The van der Waals surface area contributed by atoms with Crippen molar-refractivity contribution in [2.45, 2.75) is 51.0 Å². The number of benzene rings is 1. The lowest BCUT2D eigenvalue weighted by molar-refractivity contribution is -0.138. The molecule has 1 aromatic rings. The average molecular weight is 479 g/mol. The topological polar surface area (TPSA) is 99.3 Å². The fourth-order valence-electron chi connectivity index (χ4n) is 4.89. The van der Waals surface area contributed by atoms with E-state index in [0.717, 1.165) is 26.1 Å². The fourth-order valence-corrected chi connectivity index (χ4v) is 6.63. The summed E-state index contributed by atoms with van der Waals surface area (Å²) >= 11 is 0. The van der Waals surface area contributed by atoms with Gasteiger partial charge in [-0.25, -0.2) is 8.42 Å². The van der Waals surface area contributed by atoms with E-state index in [9.17, 15) is 18.0 Å². The molecule has 1 N–H and O–H groups in total. The van der Waals surface area contributed by atoms with Crippen LogP contribution in [0.15, 0.2) is 17.0 Å². The van der Waals surface area contributed by atoms with Gasteiger partial charge in [0.25, 0.3) is 5.91 Å². The summed E-state index contributed by atoms with van der Waals surface area (Å²) in [6.45, 7) is 10.3. The Morgan fingerprint density at radius 1 is 1.18 bits per heavy atom. The molecule has 3 heterocycles. The Morgan fingerprint density at radius 3 is 2.61 bits per heavy atom. The lowest BCUT2D eigenvalue weighted by atomic mass is 9.98. The first kappa shape index (κ1) is 24.0. The number of hydrogen-bond donors (Lipinski definition) is 1. The molecule has 0 saturated carbocycles. The number of sulfonamides is 1. The quantitative estimate of drug-likeness (QED) is 0.691. The number of aryl methyl sites for hydroxylation is 1. The maximum Gasteiger partial charge on any atom is 0.265 e. The highest BCUT2D eigenvalue weighted by Gasteiger charge is 2.37. The van der Waals surface area contributed by atoms with E-state index in [0.29, 0.717) is 49.5 Å². The molecule has 0 aliphatic carbocycles. The molecule has 4 rings (SSSR count). The molecule has 10 heteroatoms. The number of hydrogen-bond acceptors (Lipinski definition) is 6. The largest absolute Gasteiger partial charge is 0.479 e. The average Bonchev–Trinajstić information content (AvgIpc) is 2.80. The number of amides is 2. The lowest BCUT2D eigenvalue weighted by Gasteiger charge is -2.38. The summed E-state index contributed by atoms with van der Waals surface area (Å²) in [4.78, 5) is 29.5. The number of carbonyl (C=O) groups excluding carboxylic acids is 2. The number of piperazine rings is 1. The minimum absolute atomic E-state index is 0.0630. The van der Waals surface area contributed by atoms with Crippen LogP contribution in [0.5, 0.6) is 5.75 Å². The molecule has 3 aliphatic rings. The van der Waals surface area contributed by atoms with Crippen molar-refractivity contribution in [2.24, 2.45) is 5.92 Å². The van der Waals surface area contributed by atoms with Gasteiger partial charge in [-0.2, -0.15) is 4.31 Å². The van der Waals surface area contributed by atoms with Gasteiger partial charge in [0.2, 0.25) is 15.9 Å². The zero-order chi connectivity index (χ0) is 23.8. The summed E-state index contributed by atoms with van der Waals surface area (Å²) in [5.41, 5.74) is 1.01. The second-order valence-electron chi connectivity index (χ2n) is 9.23. The molecule has 0 aromatic heterocycles. The van der Waals surface area contributed by atoms with Gasteiger partial charge in [0.05, 0.1) is 16.5 Å². The predicted octanol–water partition coefficient (Wildman–Crippen LogP) is 1.67. The zero-order valence-electron chi connectivity index (χ0n) is 19.7. The molecule has 0 bridgehead atoms. The normalized spacial score (nSPS) is 24.7. The molecule has 1 aromatic carbocycles. The van der Waals surface area contributed by atoms with Crippen LogP contribution in [0.1, 0.15) is 38.7 Å². The lowest BCUT2D eigenvalue weighted by Crippen LogP contribution is -2.53. The van der Waals surface area contributed by atoms with E-state index >= 15 is 0 Å². The molecule has 0 unspecified atom stereocenters. The molecule has 2 amide bonds. The highest BCUT2D eigenvalue weighted by molar-refractivity contribution is 7.89. The fraction of sp³-hybridized carbons (Fsp3) is 0.652. The third-order valence-corrected chi connectivity index (χ3v) is 8.79. The maximum absolute atomic E-state index is 13.6. The Balaban J connectivity index is 1.48. The monoisotopic (exact) mass is 478 g/mol. The van der Waals surface area contributed by atoms with Crippen LogP contribution in [-0.4, -0.2) is 86.3 Å². The van der Waals surface area contributed by atoms with E-state index in [1.807, 2.05) is 4.90 Å². The van der Waals surface area contributed by atoms with Crippen LogP contribution in [0.2, 0.25) is 0 Å². The van der Waals surface area contributed by atoms with Crippen LogP contribution in [-0.2, 0) is 19.6 Å². The molecule has 2 saturated heterocycles. The SMILES string of the molecule is CCCN1CCN(C(=O)[C@@H]2CCCN(S(=O)(=O)c3cc4c(cc3C)NC(=O)[C@H](C)O4)C2)CC1. The number of carbonyl (C=O) groups is 2. The van der Waals surface area contributed by atoms with Crippen LogP contribution >= 0.6 is 0 Å². The van der Waals surface area contributed by atoms with Crippen LogP contribution in [0.3, 0.4) is 0 Å². The van der Waals surface area contributed by atoms with Gasteiger partial charge in [-0.3, -0.25) is 14.5 Å². The number of ether oxygens (including phenoxy) is 1. The summed E-state index contributed by atoms with van der Waals surface area (Å²) in [7, 11) is -3.81. The molecule has 182 valence electrons. The summed E-state index contributed by atoms with van der Waals surface area (Å²) in [5, 5.41) is 2.75. The van der Waals surface area contributed by atoms with Crippen molar-refractivity contribution in [1.82, 2.24) is 14.1 Å².